The number of aromatic hydroxyl groups is 1. The lowest BCUT2D eigenvalue weighted by atomic mass is 9.81. The highest BCUT2D eigenvalue weighted by Crippen LogP contribution is 2.37. The van der Waals surface area contributed by atoms with Crippen LogP contribution in [0.3, 0.4) is 0 Å². The van der Waals surface area contributed by atoms with Crippen molar-refractivity contribution in [3.63, 3.8) is 0 Å². The first-order chi connectivity index (χ1) is 12.7. The lowest BCUT2D eigenvalue weighted by Gasteiger charge is -2.37. The van der Waals surface area contributed by atoms with E-state index in [0.717, 1.165) is 0 Å². The van der Waals surface area contributed by atoms with Crippen LogP contribution in [0.25, 0.3) is 6.08 Å². The number of aliphatic carboxylic acids is 1. The normalized spacial score (nSPS) is 13.9. The quantitative estimate of drug-likeness (QED) is 0.728. The minimum Gasteiger partial charge on any atom is -0.507 e. The maximum atomic E-state index is 12.4. The highest BCUT2D eigenvalue weighted by atomic mass is 16.4. The average Bonchev–Trinajstić information content (AvgIpc) is 2.58. The molecule has 6 heteroatoms. The van der Waals surface area contributed by atoms with Gasteiger partial charge in [0.05, 0.1) is 0 Å². The van der Waals surface area contributed by atoms with Gasteiger partial charge in [0, 0.05) is 18.2 Å². The molecule has 1 amide bonds. The number of phenols is 1. The van der Waals surface area contributed by atoms with Crippen LogP contribution in [0.1, 0.15) is 25.0 Å². The Labute approximate surface area is 158 Å². The summed E-state index contributed by atoms with van der Waals surface area (Å²) in [5.41, 5.74) is 0.771. The van der Waals surface area contributed by atoms with Crippen LogP contribution < -0.4 is 5.32 Å². The van der Waals surface area contributed by atoms with E-state index in [4.69, 9.17) is 0 Å². The van der Waals surface area contributed by atoms with Crippen molar-refractivity contribution in [2.24, 2.45) is 0 Å². The molecule has 0 aliphatic rings. The number of rotatable bonds is 6. The van der Waals surface area contributed by atoms with Gasteiger partial charge in [0.2, 0.25) is 5.91 Å². The Morgan fingerprint density at radius 1 is 1.04 bits per heavy atom. The van der Waals surface area contributed by atoms with Crippen LogP contribution in [0.15, 0.2) is 54.1 Å². The fraction of sp³-hybridized carbons (Fsp3) is 0.238. The molecule has 0 aliphatic heterocycles. The zero-order valence-corrected chi connectivity index (χ0v) is 15.9. The number of para-hydroxylation sites is 1. The van der Waals surface area contributed by atoms with Gasteiger partial charge in [-0.2, -0.15) is 0 Å². The first kappa shape index (κ1) is 20.2. The van der Waals surface area contributed by atoms with Gasteiger partial charge in [-0.05, 0) is 56.4 Å². The van der Waals surface area contributed by atoms with E-state index in [9.17, 15) is 19.8 Å². The summed E-state index contributed by atoms with van der Waals surface area (Å²) in [5, 5.41) is 22.9. The number of carbonyl (C=O) groups excluding carboxylic acids is 1. The summed E-state index contributed by atoms with van der Waals surface area (Å²) in [5.74, 6) is -1.16. The molecule has 2 rings (SSSR count). The summed E-state index contributed by atoms with van der Waals surface area (Å²) in [6, 6.07) is 13.5. The zero-order chi connectivity index (χ0) is 20.2. The summed E-state index contributed by atoms with van der Waals surface area (Å²) in [6.45, 7) is 3.14. The molecular formula is C21H24N2O4. The zero-order valence-electron chi connectivity index (χ0n) is 15.9. The Morgan fingerprint density at radius 2 is 1.63 bits per heavy atom. The van der Waals surface area contributed by atoms with Crippen LogP contribution in [0.5, 0.6) is 5.75 Å². The number of phenolic OH excluding ortho intramolecular Hbond substituents is 1. The van der Waals surface area contributed by atoms with Crippen molar-refractivity contribution in [2.45, 2.75) is 19.4 Å². The largest absolute Gasteiger partial charge is 0.507 e. The Bertz CT molecular complexity index is 872. The molecular weight excluding hydrogens is 344 g/mol. The molecule has 0 radical (unpaired) electrons. The smallest absolute Gasteiger partial charge is 0.333 e. The molecule has 0 spiro atoms. The van der Waals surface area contributed by atoms with Crippen LogP contribution in [0, 0.1) is 0 Å². The molecule has 6 nitrogen and oxygen atoms in total. The van der Waals surface area contributed by atoms with Crippen LogP contribution in [-0.2, 0) is 15.1 Å². The Morgan fingerprint density at radius 3 is 2.11 bits per heavy atom. The molecule has 2 aromatic carbocycles. The number of carboxylic acids is 1. The molecule has 0 aliphatic carbocycles. The molecule has 0 heterocycles. The first-order valence-corrected chi connectivity index (χ1v) is 8.45. The minimum absolute atomic E-state index is 0.0795. The maximum absolute atomic E-state index is 12.4. The summed E-state index contributed by atoms with van der Waals surface area (Å²) in [6.07, 6.45) is 1.67. The second-order valence-corrected chi connectivity index (χ2v) is 6.55. The van der Waals surface area contributed by atoms with Crippen molar-refractivity contribution in [3.8, 4) is 5.75 Å². The van der Waals surface area contributed by atoms with Gasteiger partial charge < -0.3 is 15.5 Å². The molecule has 0 bridgehead atoms. The van der Waals surface area contributed by atoms with Gasteiger partial charge in [-0.25, -0.2) is 4.79 Å². The molecule has 0 saturated heterocycles. The van der Waals surface area contributed by atoms with Gasteiger partial charge in [-0.1, -0.05) is 30.3 Å². The van der Waals surface area contributed by atoms with E-state index in [0.29, 0.717) is 22.4 Å². The van der Waals surface area contributed by atoms with Gasteiger partial charge in [0.25, 0.3) is 0 Å². The number of hydrogen-bond donors (Lipinski definition) is 3. The first-order valence-electron chi connectivity index (χ1n) is 8.45. The Balaban J connectivity index is 2.61. The number of carboxylic acid groups (broad SMARTS) is 1. The summed E-state index contributed by atoms with van der Waals surface area (Å²) in [4.78, 5) is 25.3. The molecule has 0 aromatic heterocycles. The second kappa shape index (κ2) is 8.05. The van der Waals surface area contributed by atoms with E-state index in [2.05, 4.69) is 5.32 Å². The lowest BCUT2D eigenvalue weighted by molar-refractivity contribution is -0.148. The summed E-state index contributed by atoms with van der Waals surface area (Å²) >= 11 is 0. The number of nitrogens with one attached hydrogen (secondary N) is 1. The fourth-order valence-corrected chi connectivity index (χ4v) is 3.27. The Hall–Kier alpha value is -3.12. The number of likely N-dealkylation sites (N-methyl/N-ethyl adjacent to an activating group) is 1. The number of carbonyl (C=O) groups is 2. The van der Waals surface area contributed by atoms with Crippen molar-refractivity contribution >= 4 is 23.6 Å². The van der Waals surface area contributed by atoms with Gasteiger partial charge in [0.15, 0.2) is 5.54 Å². The molecule has 27 heavy (non-hydrogen) atoms. The van der Waals surface area contributed by atoms with Gasteiger partial charge in [0.1, 0.15) is 5.75 Å². The van der Waals surface area contributed by atoms with Crippen molar-refractivity contribution < 1.29 is 19.8 Å². The van der Waals surface area contributed by atoms with Gasteiger partial charge >= 0.3 is 5.97 Å². The third-order valence-corrected chi connectivity index (χ3v) is 4.48. The maximum Gasteiger partial charge on any atom is 0.333 e. The van der Waals surface area contributed by atoms with E-state index in [-0.39, 0.29) is 11.7 Å². The molecule has 0 saturated carbocycles. The number of hydrogen-bond acceptors (Lipinski definition) is 4. The molecule has 1 unspecified atom stereocenters. The number of benzene rings is 2. The van der Waals surface area contributed by atoms with Crippen molar-refractivity contribution in [1.29, 1.82) is 0 Å². The number of nitrogens with zero attached hydrogens (tertiary/aromatic N) is 1. The van der Waals surface area contributed by atoms with Crippen molar-refractivity contribution in [2.75, 3.05) is 19.4 Å². The van der Waals surface area contributed by atoms with Gasteiger partial charge in [-0.3, -0.25) is 9.69 Å². The van der Waals surface area contributed by atoms with Crippen LogP contribution >= 0.6 is 0 Å². The van der Waals surface area contributed by atoms with E-state index in [1.54, 1.807) is 80.5 Å². The van der Waals surface area contributed by atoms with Gasteiger partial charge in [-0.15, -0.1) is 0 Å². The van der Waals surface area contributed by atoms with E-state index >= 15 is 0 Å². The third kappa shape index (κ3) is 4.01. The summed E-state index contributed by atoms with van der Waals surface area (Å²) in [7, 11) is 3.39. The highest BCUT2D eigenvalue weighted by Gasteiger charge is 2.44. The predicted molar refractivity (Wildman–Crippen MR) is 106 cm³/mol. The van der Waals surface area contributed by atoms with Crippen molar-refractivity contribution in [1.82, 2.24) is 4.90 Å². The topological polar surface area (TPSA) is 89.9 Å². The van der Waals surface area contributed by atoms with E-state index in [1.165, 1.54) is 6.92 Å². The van der Waals surface area contributed by atoms with E-state index < -0.39 is 11.5 Å². The molecule has 3 N–H and O–H groups in total. The number of amides is 1. The second-order valence-electron chi connectivity index (χ2n) is 6.55. The summed E-state index contributed by atoms with van der Waals surface area (Å²) < 4.78 is 0. The highest BCUT2D eigenvalue weighted by molar-refractivity contribution is 5.90. The molecule has 1 atom stereocenters. The minimum atomic E-state index is -1.43. The molecule has 2 aromatic rings. The van der Waals surface area contributed by atoms with Crippen LogP contribution in [0.4, 0.5) is 5.69 Å². The predicted octanol–water partition coefficient (Wildman–Crippen LogP) is 3.30. The van der Waals surface area contributed by atoms with E-state index in [1.807, 2.05) is 0 Å². The molecule has 0 fully saturated rings. The number of anilines is 1. The Kier molecular flexibility index (Phi) is 6.02. The fourth-order valence-electron chi connectivity index (χ4n) is 3.27. The van der Waals surface area contributed by atoms with Crippen LogP contribution in [0.2, 0.25) is 0 Å². The molecule has 142 valence electrons. The van der Waals surface area contributed by atoms with Crippen molar-refractivity contribution in [3.05, 3.63) is 65.2 Å². The monoisotopic (exact) mass is 368 g/mol. The van der Waals surface area contributed by atoms with Crippen LogP contribution in [-0.4, -0.2) is 41.1 Å². The average molecular weight is 368 g/mol. The lowest BCUT2D eigenvalue weighted by Crippen LogP contribution is -2.49. The standard InChI is InChI=1S/C21H24N2O4/c1-14(13-16-7-5-6-8-19(16)25)21(20(26)27,23(3)4)17-9-11-18(12-10-17)22-15(2)24/h5-13,25H,1-4H3,(H,22,24)(H,26,27). The SMILES string of the molecule is CC(=O)Nc1ccc(C(C(=O)O)(C(C)=Cc2ccccc2O)N(C)C)cc1. The third-order valence-electron chi connectivity index (χ3n) is 4.48.